The molecule has 0 atom stereocenters. The second-order valence-electron chi connectivity index (χ2n) is 9.74. The summed E-state index contributed by atoms with van der Waals surface area (Å²) in [7, 11) is 1.58. The molecular weight excluding hydrogens is 444 g/mol. The molecule has 0 bridgehead atoms. The molecule has 0 spiro atoms. The van der Waals surface area contributed by atoms with Gasteiger partial charge in [0.25, 0.3) is 5.91 Å². The molecule has 0 aliphatic carbocycles. The lowest BCUT2D eigenvalue weighted by Crippen LogP contribution is -2.42. The Hall–Kier alpha value is -3.38. The van der Waals surface area contributed by atoms with Crippen molar-refractivity contribution < 1.29 is 14.3 Å². The van der Waals surface area contributed by atoms with Crippen molar-refractivity contribution in [2.24, 2.45) is 0 Å². The highest BCUT2D eigenvalue weighted by atomic mass is 32.1. The van der Waals surface area contributed by atoms with Crippen LogP contribution in [0.1, 0.15) is 40.2 Å². The van der Waals surface area contributed by atoms with Crippen LogP contribution in [-0.4, -0.2) is 23.6 Å². The molecule has 0 aliphatic rings. The summed E-state index contributed by atoms with van der Waals surface area (Å²) >= 11 is 1.61. The van der Waals surface area contributed by atoms with Crippen LogP contribution in [0.15, 0.2) is 66.7 Å². The highest BCUT2D eigenvalue weighted by Crippen LogP contribution is 2.35. The first-order chi connectivity index (χ1) is 16.1. The largest absolute Gasteiger partial charge is 0.495 e. The van der Waals surface area contributed by atoms with Gasteiger partial charge in [-0.15, -0.1) is 11.3 Å². The second-order valence-corrected chi connectivity index (χ2v) is 10.8. The summed E-state index contributed by atoms with van der Waals surface area (Å²) < 4.78 is 12.7. The van der Waals surface area contributed by atoms with E-state index in [0.717, 1.165) is 20.8 Å². The number of carbonyl (C=O) groups excluding carboxylic acids is 1. The number of hydrogen-bond acceptors (Lipinski definition) is 5. The molecule has 4 rings (SSSR count). The minimum absolute atomic E-state index is 0.0518. The van der Waals surface area contributed by atoms with Crippen LogP contribution in [0.4, 0.5) is 5.69 Å². The van der Waals surface area contributed by atoms with Crippen molar-refractivity contribution in [1.29, 1.82) is 0 Å². The van der Waals surface area contributed by atoms with Crippen LogP contribution < -0.4 is 14.8 Å². The Morgan fingerprint density at radius 3 is 2.29 bits per heavy atom. The smallest absolute Gasteiger partial charge is 0.268 e. The summed E-state index contributed by atoms with van der Waals surface area (Å²) in [6, 6.07) is 21.6. The van der Waals surface area contributed by atoms with Crippen molar-refractivity contribution in [3.63, 3.8) is 0 Å². The molecule has 5 nitrogen and oxygen atoms in total. The van der Waals surface area contributed by atoms with Crippen molar-refractivity contribution in [3.05, 3.63) is 72.3 Å². The fourth-order valence-corrected chi connectivity index (χ4v) is 4.53. The van der Waals surface area contributed by atoms with E-state index in [-0.39, 0.29) is 11.3 Å². The van der Waals surface area contributed by atoms with E-state index < -0.39 is 5.60 Å². The molecule has 0 fully saturated rings. The molecule has 4 aromatic rings. The zero-order chi connectivity index (χ0) is 24.5. The van der Waals surface area contributed by atoms with Crippen molar-refractivity contribution >= 4 is 33.1 Å². The fourth-order valence-electron chi connectivity index (χ4n) is 3.57. The van der Waals surface area contributed by atoms with Gasteiger partial charge >= 0.3 is 0 Å². The summed E-state index contributed by atoms with van der Waals surface area (Å²) in [5.74, 6) is 0.944. The van der Waals surface area contributed by atoms with Gasteiger partial charge in [0.15, 0.2) is 5.60 Å². The number of anilines is 1. The van der Waals surface area contributed by atoms with Gasteiger partial charge in [0.2, 0.25) is 0 Å². The highest BCUT2D eigenvalue weighted by Gasteiger charge is 2.31. The molecule has 0 saturated carbocycles. The maximum absolute atomic E-state index is 13.2. The van der Waals surface area contributed by atoms with E-state index in [0.29, 0.717) is 17.2 Å². The Labute approximate surface area is 204 Å². The van der Waals surface area contributed by atoms with E-state index >= 15 is 0 Å². The lowest BCUT2D eigenvalue weighted by atomic mass is 9.87. The normalized spacial score (nSPS) is 11.9. The topological polar surface area (TPSA) is 60.5 Å². The van der Waals surface area contributed by atoms with Crippen LogP contribution in [0.5, 0.6) is 11.5 Å². The van der Waals surface area contributed by atoms with E-state index in [2.05, 4.69) is 32.2 Å². The fraction of sp³-hybridized carbons (Fsp3) is 0.286. The van der Waals surface area contributed by atoms with E-state index in [1.807, 2.05) is 60.7 Å². The summed E-state index contributed by atoms with van der Waals surface area (Å²) in [5.41, 5.74) is 2.60. The third kappa shape index (κ3) is 5.07. The zero-order valence-electron chi connectivity index (χ0n) is 20.4. The molecule has 0 aliphatic heterocycles. The van der Waals surface area contributed by atoms with E-state index in [4.69, 9.17) is 14.5 Å². The lowest BCUT2D eigenvalue weighted by molar-refractivity contribution is -0.128. The average molecular weight is 475 g/mol. The molecular formula is C28H30N2O3S. The Kier molecular flexibility index (Phi) is 6.36. The molecule has 1 heterocycles. The van der Waals surface area contributed by atoms with Crippen molar-refractivity contribution in [2.75, 3.05) is 12.4 Å². The molecule has 34 heavy (non-hydrogen) atoms. The first kappa shape index (κ1) is 23.8. The summed E-state index contributed by atoms with van der Waals surface area (Å²) in [4.78, 5) is 17.9. The molecule has 1 aromatic heterocycles. The van der Waals surface area contributed by atoms with Gasteiger partial charge < -0.3 is 14.8 Å². The molecule has 176 valence electrons. The first-order valence-electron chi connectivity index (χ1n) is 11.2. The maximum Gasteiger partial charge on any atom is 0.268 e. The third-order valence-corrected chi connectivity index (χ3v) is 6.71. The number of para-hydroxylation sites is 1. The monoisotopic (exact) mass is 474 g/mol. The number of hydrogen-bond donors (Lipinski definition) is 1. The predicted molar refractivity (Wildman–Crippen MR) is 140 cm³/mol. The van der Waals surface area contributed by atoms with Crippen molar-refractivity contribution in [2.45, 2.75) is 45.6 Å². The minimum Gasteiger partial charge on any atom is -0.495 e. The molecule has 6 heteroatoms. The van der Waals surface area contributed by atoms with Gasteiger partial charge in [0, 0.05) is 5.56 Å². The zero-order valence-corrected chi connectivity index (χ0v) is 21.2. The standard InChI is InChI=1S/C28H30N2O3S/c1-27(2,3)19-12-14-20(15-13-19)33-28(4,5)26(31)30-22-17-18(11-16-23(22)32-6)25-29-21-9-7-8-10-24(21)34-25/h7-17H,1-6H3,(H,30,31). The van der Waals surface area contributed by atoms with Gasteiger partial charge in [-0.2, -0.15) is 0 Å². The maximum atomic E-state index is 13.2. The van der Waals surface area contributed by atoms with Crippen LogP contribution in [-0.2, 0) is 10.2 Å². The van der Waals surface area contributed by atoms with Crippen LogP contribution in [0.3, 0.4) is 0 Å². The van der Waals surface area contributed by atoms with Crippen LogP contribution in [0, 0.1) is 0 Å². The summed E-state index contributed by atoms with van der Waals surface area (Å²) in [6.07, 6.45) is 0. The van der Waals surface area contributed by atoms with E-state index in [9.17, 15) is 4.79 Å². The number of fused-ring (bicyclic) bond motifs is 1. The third-order valence-electron chi connectivity index (χ3n) is 5.63. The molecule has 1 N–H and O–H groups in total. The molecule has 3 aromatic carbocycles. The summed E-state index contributed by atoms with van der Waals surface area (Å²) in [5, 5.41) is 3.87. The Morgan fingerprint density at radius 2 is 1.65 bits per heavy atom. The van der Waals surface area contributed by atoms with Gasteiger partial charge in [-0.25, -0.2) is 4.98 Å². The van der Waals surface area contributed by atoms with Crippen LogP contribution in [0.2, 0.25) is 0 Å². The lowest BCUT2D eigenvalue weighted by Gasteiger charge is -2.26. The van der Waals surface area contributed by atoms with Gasteiger partial charge in [-0.3, -0.25) is 4.79 Å². The average Bonchev–Trinajstić information content (AvgIpc) is 3.23. The Morgan fingerprint density at radius 1 is 0.941 bits per heavy atom. The number of thiazole rings is 1. The molecule has 0 radical (unpaired) electrons. The highest BCUT2D eigenvalue weighted by molar-refractivity contribution is 7.21. The SMILES string of the molecule is COc1ccc(-c2nc3ccccc3s2)cc1NC(=O)C(C)(C)Oc1ccc(C(C)(C)C)cc1. The number of rotatable bonds is 6. The first-order valence-corrected chi connectivity index (χ1v) is 12.0. The van der Waals surface area contributed by atoms with Crippen LogP contribution in [0.25, 0.3) is 20.8 Å². The second kappa shape index (κ2) is 9.11. The Balaban J connectivity index is 1.55. The van der Waals surface area contributed by atoms with E-state index in [1.165, 1.54) is 5.56 Å². The predicted octanol–water partition coefficient (Wildman–Crippen LogP) is 7.07. The van der Waals surface area contributed by atoms with Gasteiger partial charge in [0.1, 0.15) is 16.5 Å². The van der Waals surface area contributed by atoms with Crippen molar-refractivity contribution in [1.82, 2.24) is 4.98 Å². The summed E-state index contributed by atoms with van der Waals surface area (Å²) in [6.45, 7) is 10.00. The van der Waals surface area contributed by atoms with Crippen LogP contribution >= 0.6 is 11.3 Å². The number of aromatic nitrogens is 1. The molecule has 0 saturated heterocycles. The van der Waals surface area contributed by atoms with Gasteiger partial charge in [0.05, 0.1) is 23.0 Å². The minimum atomic E-state index is -1.10. The van der Waals surface area contributed by atoms with Gasteiger partial charge in [-0.05, 0) is 67.3 Å². The molecule has 0 unspecified atom stereocenters. The molecule has 1 amide bonds. The number of methoxy groups -OCH3 is 1. The number of amides is 1. The number of ether oxygens (including phenoxy) is 2. The number of nitrogens with zero attached hydrogens (tertiary/aromatic N) is 1. The number of carbonyl (C=O) groups is 1. The Bertz CT molecular complexity index is 1280. The quantitative estimate of drug-likeness (QED) is 0.325. The van der Waals surface area contributed by atoms with E-state index in [1.54, 1.807) is 32.3 Å². The van der Waals surface area contributed by atoms with Crippen molar-refractivity contribution in [3.8, 4) is 22.1 Å². The number of nitrogens with one attached hydrogen (secondary N) is 1. The number of benzene rings is 3. The van der Waals surface area contributed by atoms with Gasteiger partial charge in [-0.1, -0.05) is 45.0 Å².